The van der Waals surface area contributed by atoms with Gasteiger partial charge in [-0.3, -0.25) is 10.2 Å². The Balaban J connectivity index is 2.36. The predicted octanol–water partition coefficient (Wildman–Crippen LogP) is 4.30. The van der Waals surface area contributed by atoms with Crippen molar-refractivity contribution in [1.29, 1.82) is 5.41 Å². The number of nitrogens with one attached hydrogen (secondary N) is 2. The lowest BCUT2D eigenvalue weighted by atomic mass is 10.0. The van der Waals surface area contributed by atoms with Crippen LogP contribution in [0.15, 0.2) is 30.3 Å². The van der Waals surface area contributed by atoms with Gasteiger partial charge < -0.3 is 15.0 Å². The topological polar surface area (TPSA) is 91.0 Å². The minimum Gasteiger partial charge on any atom is -0.392 e. The molecule has 188 valence electrons. The zero-order valence-electron chi connectivity index (χ0n) is 19.1. The fourth-order valence-electron chi connectivity index (χ4n) is 3.34. The second kappa shape index (κ2) is 11.5. The van der Waals surface area contributed by atoms with Crippen LogP contribution >= 0.6 is 0 Å². The molecule has 2 aromatic rings. The second-order valence-corrected chi connectivity index (χ2v) is 8.18. The molecule has 6 nitrogen and oxygen atoms in total. The fourth-order valence-corrected chi connectivity index (χ4v) is 3.34. The molecule has 1 aromatic carbocycles. The van der Waals surface area contributed by atoms with E-state index in [9.17, 15) is 31.9 Å². The van der Waals surface area contributed by atoms with Crippen LogP contribution in [0, 0.1) is 5.41 Å². The maximum absolute atomic E-state index is 14.1. The molecule has 1 aromatic heterocycles. The molecule has 3 N–H and O–H groups in total. The summed E-state index contributed by atoms with van der Waals surface area (Å²) in [5.41, 5.74) is 0.334. The van der Waals surface area contributed by atoms with Crippen LogP contribution in [0.3, 0.4) is 0 Å². The molecule has 0 bridgehead atoms. The van der Waals surface area contributed by atoms with Gasteiger partial charge in [-0.05, 0) is 13.3 Å². The molecule has 1 atom stereocenters. The molecule has 0 aliphatic heterocycles. The smallest absolute Gasteiger partial charge is 0.389 e. The number of amides is 1. The van der Waals surface area contributed by atoms with Crippen molar-refractivity contribution in [1.82, 2.24) is 14.9 Å². The summed E-state index contributed by atoms with van der Waals surface area (Å²) in [6, 6.07) is 6.72. The van der Waals surface area contributed by atoms with Gasteiger partial charge in [-0.1, -0.05) is 37.6 Å². The number of alkyl halides is 5. The van der Waals surface area contributed by atoms with Gasteiger partial charge in [-0.15, -0.1) is 0 Å². The first-order chi connectivity index (χ1) is 15.8. The molecule has 0 aliphatic rings. The number of hydrogen-bond acceptors (Lipinski definition) is 4. The Bertz CT molecular complexity index is 1020. The molecule has 11 heteroatoms. The number of benzene rings is 1. The van der Waals surface area contributed by atoms with Crippen molar-refractivity contribution < 1.29 is 31.9 Å². The van der Waals surface area contributed by atoms with Crippen molar-refractivity contribution in [2.24, 2.45) is 0 Å². The molecule has 1 unspecified atom stereocenters. The quantitative estimate of drug-likeness (QED) is 0.412. The lowest BCUT2D eigenvalue weighted by Gasteiger charge is -2.17. The Morgan fingerprint density at radius 1 is 1.18 bits per heavy atom. The van der Waals surface area contributed by atoms with Gasteiger partial charge >= 0.3 is 6.18 Å². The molecule has 0 spiro atoms. The maximum atomic E-state index is 14.1. The third kappa shape index (κ3) is 8.19. The highest BCUT2D eigenvalue weighted by Crippen LogP contribution is 2.33. The molecule has 1 amide bonds. The standard InChI is InChI=1S/C23H29F5N4O2/c1-3-10-22(24,25)17-8-6-16(7-9-17)18-12-19(29)32(14-21(34)30-13-15(2)33)20(31-18)5-4-11-23(26,27)28/h6-9,12,15,29,33H,3-5,10-11,13-14H2,1-2H3,(H,30,34). The van der Waals surface area contributed by atoms with Gasteiger partial charge in [0.15, 0.2) is 0 Å². The van der Waals surface area contributed by atoms with E-state index >= 15 is 0 Å². The van der Waals surface area contributed by atoms with Crippen molar-refractivity contribution in [3.63, 3.8) is 0 Å². The third-order valence-electron chi connectivity index (χ3n) is 5.05. The van der Waals surface area contributed by atoms with Gasteiger partial charge in [0.1, 0.15) is 17.9 Å². The van der Waals surface area contributed by atoms with Crippen molar-refractivity contribution >= 4 is 5.91 Å². The first-order valence-electron chi connectivity index (χ1n) is 11.0. The lowest BCUT2D eigenvalue weighted by molar-refractivity contribution is -0.135. The summed E-state index contributed by atoms with van der Waals surface area (Å²) >= 11 is 0. The minimum atomic E-state index is -4.36. The SMILES string of the molecule is CCCC(F)(F)c1ccc(-c2cc(=N)n(CC(=O)NCC(C)O)c(CCCC(F)(F)F)n2)cc1. The van der Waals surface area contributed by atoms with E-state index in [-0.39, 0.29) is 54.9 Å². The fraction of sp³-hybridized carbons (Fsp3) is 0.522. The van der Waals surface area contributed by atoms with Gasteiger partial charge in [0.2, 0.25) is 5.91 Å². The van der Waals surface area contributed by atoms with E-state index in [0.717, 1.165) is 0 Å². The van der Waals surface area contributed by atoms with Crippen LogP contribution in [0.4, 0.5) is 22.0 Å². The largest absolute Gasteiger partial charge is 0.392 e. The second-order valence-electron chi connectivity index (χ2n) is 8.18. The summed E-state index contributed by atoms with van der Waals surface area (Å²) < 4.78 is 67.4. The van der Waals surface area contributed by atoms with E-state index in [4.69, 9.17) is 5.41 Å². The lowest BCUT2D eigenvalue weighted by Crippen LogP contribution is -2.37. The Morgan fingerprint density at radius 3 is 2.38 bits per heavy atom. The Labute approximate surface area is 194 Å². The Morgan fingerprint density at radius 2 is 1.82 bits per heavy atom. The normalized spacial score (nSPS) is 13.1. The average Bonchev–Trinajstić information content (AvgIpc) is 2.73. The number of aryl methyl sites for hydroxylation is 1. The highest BCUT2D eigenvalue weighted by atomic mass is 19.4. The zero-order valence-corrected chi connectivity index (χ0v) is 19.1. The number of carbonyl (C=O) groups excluding carboxylic acids is 1. The Kier molecular flexibility index (Phi) is 9.31. The molecule has 0 saturated heterocycles. The molecule has 0 radical (unpaired) electrons. The van der Waals surface area contributed by atoms with Crippen molar-refractivity contribution in [3.05, 3.63) is 47.2 Å². The molecule has 0 fully saturated rings. The number of hydrogen-bond donors (Lipinski definition) is 3. The van der Waals surface area contributed by atoms with Gasteiger partial charge in [0.05, 0.1) is 11.8 Å². The molecule has 0 aliphatic carbocycles. The highest BCUT2D eigenvalue weighted by Gasteiger charge is 2.30. The number of rotatable bonds is 11. The summed E-state index contributed by atoms with van der Waals surface area (Å²) in [6.45, 7) is 2.76. The molecular weight excluding hydrogens is 459 g/mol. The van der Waals surface area contributed by atoms with E-state index < -0.39 is 30.5 Å². The number of halogens is 5. The number of aliphatic hydroxyl groups excluding tert-OH is 1. The van der Waals surface area contributed by atoms with Crippen molar-refractivity contribution in [3.8, 4) is 11.3 Å². The summed E-state index contributed by atoms with van der Waals surface area (Å²) in [5.74, 6) is -3.42. The zero-order chi connectivity index (χ0) is 25.5. The Hall–Kier alpha value is -2.82. The van der Waals surface area contributed by atoms with Crippen LogP contribution in [-0.2, 0) is 23.7 Å². The molecular formula is C23H29F5N4O2. The van der Waals surface area contributed by atoms with Crippen LogP contribution in [-0.4, -0.2) is 39.4 Å². The summed E-state index contributed by atoms with van der Waals surface area (Å²) in [7, 11) is 0. The summed E-state index contributed by atoms with van der Waals surface area (Å²) in [5, 5.41) is 20.1. The van der Waals surface area contributed by atoms with Gasteiger partial charge in [0.25, 0.3) is 5.92 Å². The predicted molar refractivity (Wildman–Crippen MR) is 116 cm³/mol. The van der Waals surface area contributed by atoms with E-state index in [1.165, 1.54) is 41.8 Å². The maximum Gasteiger partial charge on any atom is 0.389 e. The van der Waals surface area contributed by atoms with Crippen LogP contribution < -0.4 is 10.8 Å². The first kappa shape index (κ1) is 27.4. The van der Waals surface area contributed by atoms with Crippen molar-refractivity contribution in [2.75, 3.05) is 6.54 Å². The van der Waals surface area contributed by atoms with E-state index in [2.05, 4.69) is 10.3 Å². The molecule has 34 heavy (non-hydrogen) atoms. The molecule has 1 heterocycles. The van der Waals surface area contributed by atoms with Gasteiger partial charge in [-0.2, -0.15) is 13.2 Å². The van der Waals surface area contributed by atoms with Crippen LogP contribution in [0.5, 0.6) is 0 Å². The van der Waals surface area contributed by atoms with Gasteiger partial charge in [0, 0.05) is 43.0 Å². The average molecular weight is 489 g/mol. The number of aliphatic hydroxyl groups is 1. The van der Waals surface area contributed by atoms with Gasteiger partial charge in [-0.25, -0.2) is 13.8 Å². The molecule has 2 rings (SSSR count). The van der Waals surface area contributed by atoms with Crippen LogP contribution in [0.1, 0.15) is 50.9 Å². The number of aromatic nitrogens is 2. The summed E-state index contributed by atoms with van der Waals surface area (Å²) in [6.07, 6.45) is -6.63. The van der Waals surface area contributed by atoms with E-state index in [1.807, 2.05) is 0 Å². The third-order valence-corrected chi connectivity index (χ3v) is 5.05. The first-order valence-corrected chi connectivity index (χ1v) is 11.0. The van der Waals surface area contributed by atoms with Crippen molar-refractivity contribution in [2.45, 2.75) is 70.7 Å². The monoisotopic (exact) mass is 488 g/mol. The van der Waals surface area contributed by atoms with E-state index in [0.29, 0.717) is 12.0 Å². The summed E-state index contributed by atoms with van der Waals surface area (Å²) in [4.78, 5) is 16.5. The molecule has 0 saturated carbocycles. The van der Waals surface area contributed by atoms with Crippen LogP contribution in [0.2, 0.25) is 0 Å². The number of nitrogens with zero attached hydrogens (tertiary/aromatic N) is 2. The number of carbonyl (C=O) groups is 1. The minimum absolute atomic E-state index is 0.0172. The van der Waals surface area contributed by atoms with E-state index in [1.54, 1.807) is 6.92 Å². The van der Waals surface area contributed by atoms with Crippen LogP contribution in [0.25, 0.3) is 11.3 Å². The highest BCUT2D eigenvalue weighted by molar-refractivity contribution is 5.75.